The lowest BCUT2D eigenvalue weighted by Gasteiger charge is -2.40. The topological polar surface area (TPSA) is 149 Å². The van der Waals surface area contributed by atoms with Gasteiger partial charge in [-0.05, 0) is 81.6 Å². The third kappa shape index (κ3) is 13.2. The summed E-state index contributed by atoms with van der Waals surface area (Å²) in [4.78, 5) is 62.6. The number of benzene rings is 1. The Morgan fingerprint density at radius 3 is 2.33 bits per heavy atom. The van der Waals surface area contributed by atoms with Crippen LogP contribution in [-0.4, -0.2) is 93.4 Å². The number of aromatic nitrogens is 1. The number of thiazole rings is 1. The molecule has 11 nitrogen and oxygen atoms in total. The van der Waals surface area contributed by atoms with Crippen molar-refractivity contribution in [3.63, 3.8) is 0 Å². The lowest BCUT2D eigenvalue weighted by molar-refractivity contribution is -0.145. The van der Waals surface area contributed by atoms with Gasteiger partial charge in [0.2, 0.25) is 5.91 Å². The molecule has 12 heteroatoms. The number of carboxylic acid groups (broad SMARTS) is 1. The number of ether oxygens (including phenoxy) is 1. The fourth-order valence-corrected chi connectivity index (χ4v) is 8.32. The molecule has 3 N–H and O–H groups in total. The van der Waals surface area contributed by atoms with Crippen LogP contribution in [0.2, 0.25) is 0 Å². The van der Waals surface area contributed by atoms with Crippen molar-refractivity contribution >= 4 is 34.9 Å². The Labute approximate surface area is 327 Å². The quantitative estimate of drug-likeness (QED) is 0.104. The fraction of sp³-hybridized carbons (Fsp3) is 0.690. The number of Topliss-reactive ketones (excluding diaryl/α,β-unsaturated/α-hetero) is 1. The van der Waals surface area contributed by atoms with Gasteiger partial charge in [0.15, 0.2) is 5.78 Å². The Hall–Kier alpha value is -3.35. The predicted octanol–water partition coefficient (Wildman–Crippen LogP) is 7.53. The van der Waals surface area contributed by atoms with Crippen molar-refractivity contribution < 1.29 is 34.1 Å². The molecule has 0 aliphatic carbocycles. The van der Waals surface area contributed by atoms with E-state index >= 15 is 0 Å². The molecule has 0 spiro atoms. The number of ketones is 1. The van der Waals surface area contributed by atoms with Crippen molar-refractivity contribution in [2.24, 2.45) is 23.7 Å². The highest BCUT2D eigenvalue weighted by Gasteiger charge is 2.38. The van der Waals surface area contributed by atoms with Crippen LogP contribution in [-0.2, 0) is 25.5 Å². The molecule has 302 valence electrons. The molecule has 2 aromatic rings. The van der Waals surface area contributed by atoms with E-state index in [1.165, 1.54) is 11.3 Å². The van der Waals surface area contributed by atoms with E-state index in [-0.39, 0.29) is 59.9 Å². The fourth-order valence-electron chi connectivity index (χ4n) is 7.46. The molecule has 2 heterocycles. The number of likely N-dealkylation sites (tertiary alicyclic amines) is 1. The summed E-state index contributed by atoms with van der Waals surface area (Å²) in [7, 11) is 2.01. The second-order valence-electron chi connectivity index (χ2n) is 15.7. The second-order valence-corrected chi connectivity index (χ2v) is 16.6. The molecule has 2 amide bonds. The highest BCUT2D eigenvalue weighted by molar-refractivity contribution is 7.09. The maximum atomic E-state index is 14.7. The van der Waals surface area contributed by atoms with Crippen LogP contribution in [0.15, 0.2) is 29.6 Å². The molecule has 1 aliphatic rings. The molecule has 1 fully saturated rings. The normalized spacial score (nSPS) is 18.4. The van der Waals surface area contributed by atoms with E-state index in [1.54, 1.807) is 36.6 Å². The van der Waals surface area contributed by atoms with Crippen molar-refractivity contribution in [3.05, 3.63) is 45.9 Å². The Bertz CT molecular complexity index is 1480. The number of carbonyl (C=O) groups is 4. The minimum atomic E-state index is -0.944. The molecule has 0 unspecified atom stereocenters. The number of rotatable bonds is 23. The molecule has 1 aromatic heterocycles. The molecular weight excluding hydrogens is 705 g/mol. The van der Waals surface area contributed by atoms with E-state index in [4.69, 9.17) is 9.72 Å². The van der Waals surface area contributed by atoms with Crippen LogP contribution in [0.1, 0.15) is 133 Å². The first-order valence-electron chi connectivity index (χ1n) is 20.1. The maximum absolute atomic E-state index is 14.7. The predicted molar refractivity (Wildman–Crippen MR) is 214 cm³/mol. The van der Waals surface area contributed by atoms with Gasteiger partial charge in [-0.15, -0.1) is 11.3 Å². The van der Waals surface area contributed by atoms with Crippen molar-refractivity contribution in [2.75, 3.05) is 26.7 Å². The molecule has 0 radical (unpaired) electrons. The average Bonchev–Trinajstić information content (AvgIpc) is 3.64. The number of amides is 2. The minimum Gasteiger partial charge on any atom is -0.508 e. The first-order valence-corrected chi connectivity index (χ1v) is 21.0. The van der Waals surface area contributed by atoms with Crippen LogP contribution in [0.4, 0.5) is 0 Å². The molecular formula is C42H66N4O7S. The van der Waals surface area contributed by atoms with Gasteiger partial charge in [0.1, 0.15) is 22.6 Å². The number of nitrogens with one attached hydrogen (secondary N) is 1. The summed E-state index contributed by atoms with van der Waals surface area (Å²) in [5.74, 6) is -1.98. The van der Waals surface area contributed by atoms with Gasteiger partial charge in [0.05, 0.1) is 12.0 Å². The number of aliphatic carboxylic acids is 1. The molecule has 1 aliphatic heterocycles. The largest absolute Gasteiger partial charge is 0.508 e. The van der Waals surface area contributed by atoms with E-state index < -0.39 is 35.9 Å². The SMILES string of the molecule is CCCO[C@H](C[C@H](C(C)C)N(CCC)C(=O)[C@@H](CC(=O)[C@H]1CCCCN1C)[C@@H](C)CC)c1nc(C(=O)N[C@@H](Cc2ccc(O)cc2)C[C@H](C)C(=O)O)cs1. The molecule has 0 saturated carbocycles. The van der Waals surface area contributed by atoms with Crippen molar-refractivity contribution in [1.82, 2.24) is 20.1 Å². The number of phenolic OH excluding ortho intramolecular Hbond substituents is 1. The third-order valence-electron chi connectivity index (χ3n) is 11.0. The number of phenols is 1. The van der Waals surface area contributed by atoms with Gasteiger partial charge in [0, 0.05) is 49.4 Å². The molecule has 54 heavy (non-hydrogen) atoms. The first kappa shape index (κ1) is 45.0. The van der Waals surface area contributed by atoms with Crippen LogP contribution in [0.3, 0.4) is 0 Å². The summed E-state index contributed by atoms with van der Waals surface area (Å²) < 4.78 is 6.43. The van der Waals surface area contributed by atoms with Crippen LogP contribution in [0.5, 0.6) is 5.75 Å². The number of piperidine rings is 1. The summed E-state index contributed by atoms with van der Waals surface area (Å²) in [6.07, 6.45) is 6.21. The van der Waals surface area contributed by atoms with Gasteiger partial charge in [-0.1, -0.05) is 73.4 Å². The highest BCUT2D eigenvalue weighted by atomic mass is 32.1. The maximum Gasteiger partial charge on any atom is 0.306 e. The minimum absolute atomic E-state index is 0.0282. The molecule has 3 rings (SSSR count). The Morgan fingerprint density at radius 2 is 1.74 bits per heavy atom. The van der Waals surface area contributed by atoms with Gasteiger partial charge < -0.3 is 25.2 Å². The number of aromatic hydroxyl groups is 1. The number of likely N-dealkylation sites (N-methyl/N-ethyl adjacent to an activating group) is 1. The van der Waals surface area contributed by atoms with Crippen LogP contribution >= 0.6 is 11.3 Å². The Balaban J connectivity index is 1.86. The zero-order chi connectivity index (χ0) is 39.9. The standard InChI is InChI=1S/C42H66N4O7S/c1-9-19-46(41(50)33(28(6)11-3)24-37(48)35-14-12-13-20-45(35)8)36(27(4)5)25-38(53-21-10-2)40-44-34(26-54-40)39(49)43-31(22-29(7)42(51)52)23-30-15-17-32(47)18-16-30/h15-18,26-29,31,33,35-36,38,47H,9-14,19-25H2,1-8H3,(H,43,49)(H,51,52)/t28-,29-,31+,33-,35+,36+,38+/m0/s1. The monoisotopic (exact) mass is 770 g/mol. The number of nitrogens with zero attached hydrogens (tertiary/aromatic N) is 3. The summed E-state index contributed by atoms with van der Waals surface area (Å²) >= 11 is 1.34. The third-order valence-corrected chi connectivity index (χ3v) is 11.9. The van der Waals surface area contributed by atoms with Crippen LogP contribution in [0, 0.1) is 23.7 Å². The number of carboxylic acids is 1. The summed E-state index contributed by atoms with van der Waals surface area (Å²) in [6, 6.07) is 5.85. The average molecular weight is 771 g/mol. The van der Waals surface area contributed by atoms with E-state index in [0.717, 1.165) is 50.6 Å². The first-order chi connectivity index (χ1) is 25.7. The van der Waals surface area contributed by atoms with Gasteiger partial charge in [-0.3, -0.25) is 24.1 Å². The van der Waals surface area contributed by atoms with E-state index in [0.29, 0.717) is 31.0 Å². The molecule has 7 atom stereocenters. The van der Waals surface area contributed by atoms with Crippen molar-refractivity contribution in [2.45, 2.75) is 137 Å². The number of hydrogen-bond acceptors (Lipinski definition) is 9. The van der Waals surface area contributed by atoms with Gasteiger partial charge in [0.25, 0.3) is 5.91 Å². The molecule has 1 aromatic carbocycles. The Kier molecular flexibility index (Phi) is 18.6. The van der Waals surface area contributed by atoms with Gasteiger partial charge in [-0.25, -0.2) is 4.98 Å². The smallest absolute Gasteiger partial charge is 0.306 e. The van der Waals surface area contributed by atoms with Crippen molar-refractivity contribution in [3.8, 4) is 5.75 Å². The second kappa shape index (κ2) is 22.3. The lowest BCUT2D eigenvalue weighted by Crippen LogP contribution is -2.50. The molecule has 1 saturated heterocycles. The highest BCUT2D eigenvalue weighted by Crippen LogP contribution is 2.34. The van der Waals surface area contributed by atoms with E-state index in [1.807, 2.05) is 18.9 Å². The van der Waals surface area contributed by atoms with Crippen molar-refractivity contribution in [1.29, 1.82) is 0 Å². The zero-order valence-electron chi connectivity index (χ0n) is 33.9. The number of hydrogen-bond donors (Lipinski definition) is 3. The summed E-state index contributed by atoms with van der Waals surface area (Å²) in [5.41, 5.74) is 1.08. The Morgan fingerprint density at radius 1 is 1.04 bits per heavy atom. The summed E-state index contributed by atoms with van der Waals surface area (Å²) in [6.45, 7) is 16.1. The van der Waals surface area contributed by atoms with Gasteiger partial charge in [-0.2, -0.15) is 0 Å². The van der Waals surface area contributed by atoms with Crippen LogP contribution in [0.25, 0.3) is 0 Å². The van der Waals surface area contributed by atoms with E-state index in [2.05, 4.69) is 44.8 Å². The summed E-state index contributed by atoms with van der Waals surface area (Å²) in [5, 5.41) is 24.7. The van der Waals surface area contributed by atoms with E-state index in [9.17, 15) is 29.4 Å². The lowest BCUT2D eigenvalue weighted by atomic mass is 9.82. The van der Waals surface area contributed by atoms with Crippen LogP contribution < -0.4 is 5.32 Å². The molecule has 0 bridgehead atoms. The zero-order valence-corrected chi connectivity index (χ0v) is 34.7. The number of carbonyl (C=O) groups excluding carboxylic acids is 3. The van der Waals surface area contributed by atoms with Gasteiger partial charge >= 0.3 is 5.97 Å².